The Morgan fingerprint density at radius 3 is 2.84 bits per heavy atom. The molecule has 3 rings (SSSR count). The summed E-state index contributed by atoms with van der Waals surface area (Å²) in [6, 6.07) is 6.49. The lowest BCUT2D eigenvalue weighted by atomic mass is 9.94. The summed E-state index contributed by atoms with van der Waals surface area (Å²) in [6.45, 7) is 6.92. The highest BCUT2D eigenvalue weighted by Crippen LogP contribution is 2.33. The Labute approximate surface area is 146 Å². The van der Waals surface area contributed by atoms with Crippen molar-refractivity contribution in [2.45, 2.75) is 32.2 Å². The van der Waals surface area contributed by atoms with Crippen LogP contribution in [0.5, 0.6) is 5.88 Å². The van der Waals surface area contributed by atoms with Crippen LogP contribution >= 0.6 is 0 Å². The SMILES string of the molecule is Cc1ccccc1NC(=O)NS(=N)(=O)c1cnn2c1OCC(C)(C)C2. The number of hydrogen-bond donors (Lipinski definition) is 3. The molecule has 0 saturated heterocycles. The van der Waals surface area contributed by atoms with Crippen molar-refractivity contribution in [1.82, 2.24) is 14.5 Å². The zero-order valence-electron chi connectivity index (χ0n) is 14.3. The highest BCUT2D eigenvalue weighted by molar-refractivity contribution is 7.91. The second kappa shape index (κ2) is 6.07. The number of carbonyl (C=O) groups is 1. The molecule has 0 aliphatic carbocycles. The molecule has 1 aromatic carbocycles. The van der Waals surface area contributed by atoms with E-state index in [1.165, 1.54) is 6.20 Å². The fourth-order valence-electron chi connectivity index (χ4n) is 2.57. The number of fused-ring (bicyclic) bond motifs is 1. The highest BCUT2D eigenvalue weighted by atomic mass is 32.2. The van der Waals surface area contributed by atoms with Gasteiger partial charge in [0.15, 0.2) is 9.92 Å². The summed E-state index contributed by atoms with van der Waals surface area (Å²) in [6.07, 6.45) is 1.32. The minimum atomic E-state index is -3.60. The van der Waals surface area contributed by atoms with Gasteiger partial charge in [0.05, 0.1) is 19.3 Å². The van der Waals surface area contributed by atoms with Gasteiger partial charge in [-0.15, -0.1) is 0 Å². The van der Waals surface area contributed by atoms with Crippen LogP contribution in [0.4, 0.5) is 10.5 Å². The van der Waals surface area contributed by atoms with E-state index >= 15 is 0 Å². The maximum Gasteiger partial charge on any atom is 0.331 e. The van der Waals surface area contributed by atoms with Gasteiger partial charge in [0.1, 0.15) is 4.90 Å². The summed E-state index contributed by atoms with van der Waals surface area (Å²) in [5, 5.41) is 6.75. The number of nitrogens with one attached hydrogen (secondary N) is 3. The molecule has 134 valence electrons. The van der Waals surface area contributed by atoms with E-state index in [-0.39, 0.29) is 16.2 Å². The lowest BCUT2D eigenvalue weighted by Gasteiger charge is -2.30. The smallest absolute Gasteiger partial charge is 0.331 e. The first-order valence-electron chi connectivity index (χ1n) is 7.80. The zero-order valence-corrected chi connectivity index (χ0v) is 15.1. The highest BCUT2D eigenvalue weighted by Gasteiger charge is 2.32. The quantitative estimate of drug-likeness (QED) is 0.779. The predicted octanol–water partition coefficient (Wildman–Crippen LogP) is 2.75. The lowest BCUT2D eigenvalue weighted by Crippen LogP contribution is -2.36. The number of rotatable bonds is 3. The fourth-order valence-corrected chi connectivity index (χ4v) is 3.60. The molecular weight excluding hydrogens is 342 g/mol. The van der Waals surface area contributed by atoms with Crippen LogP contribution in [0.2, 0.25) is 0 Å². The van der Waals surface area contributed by atoms with E-state index in [0.29, 0.717) is 18.8 Å². The Morgan fingerprint density at radius 2 is 2.12 bits per heavy atom. The number of ether oxygens (including phenoxy) is 1. The van der Waals surface area contributed by atoms with E-state index in [2.05, 4.69) is 15.1 Å². The third-order valence-corrected chi connectivity index (χ3v) is 5.25. The van der Waals surface area contributed by atoms with Crippen LogP contribution in [-0.4, -0.2) is 26.6 Å². The van der Waals surface area contributed by atoms with Gasteiger partial charge in [-0.1, -0.05) is 32.0 Å². The molecule has 9 heteroatoms. The molecule has 1 aliphatic rings. The van der Waals surface area contributed by atoms with Crippen molar-refractivity contribution in [1.29, 1.82) is 4.78 Å². The van der Waals surface area contributed by atoms with Crippen molar-refractivity contribution in [3.8, 4) is 5.88 Å². The fraction of sp³-hybridized carbons (Fsp3) is 0.375. The molecule has 1 aliphatic heterocycles. The number of carbonyl (C=O) groups excluding carboxylic acids is 1. The van der Waals surface area contributed by atoms with E-state index in [1.54, 1.807) is 16.8 Å². The van der Waals surface area contributed by atoms with Crippen molar-refractivity contribution in [2.24, 2.45) is 5.41 Å². The second-order valence-corrected chi connectivity index (χ2v) is 8.61. The van der Waals surface area contributed by atoms with Crippen LogP contribution in [0.1, 0.15) is 19.4 Å². The van der Waals surface area contributed by atoms with Gasteiger partial charge in [-0.25, -0.2) is 23.2 Å². The molecule has 2 aromatic rings. The number of aromatic nitrogens is 2. The van der Waals surface area contributed by atoms with Gasteiger partial charge in [-0.2, -0.15) is 5.10 Å². The normalized spacial score (nSPS) is 17.7. The van der Waals surface area contributed by atoms with Crippen molar-refractivity contribution >= 4 is 21.6 Å². The number of amides is 2. The minimum absolute atomic E-state index is 0.0722. The minimum Gasteiger partial charge on any atom is -0.476 e. The summed E-state index contributed by atoms with van der Waals surface area (Å²) in [7, 11) is -3.60. The summed E-state index contributed by atoms with van der Waals surface area (Å²) < 4.78 is 30.3. The summed E-state index contributed by atoms with van der Waals surface area (Å²) in [5.74, 6) is 0.274. The monoisotopic (exact) mass is 363 g/mol. The molecule has 8 nitrogen and oxygen atoms in total. The van der Waals surface area contributed by atoms with Crippen LogP contribution in [0.25, 0.3) is 0 Å². The topological polar surface area (TPSA) is 109 Å². The molecule has 2 amide bonds. The zero-order chi connectivity index (χ0) is 18.2. The molecule has 1 atom stereocenters. The van der Waals surface area contributed by atoms with Crippen molar-refractivity contribution in [3.63, 3.8) is 0 Å². The molecule has 0 radical (unpaired) electrons. The Morgan fingerprint density at radius 1 is 1.40 bits per heavy atom. The Hall–Kier alpha value is -2.55. The molecule has 25 heavy (non-hydrogen) atoms. The summed E-state index contributed by atoms with van der Waals surface area (Å²) in [5.41, 5.74) is 1.35. The van der Waals surface area contributed by atoms with E-state index in [1.807, 2.05) is 32.9 Å². The van der Waals surface area contributed by atoms with E-state index < -0.39 is 15.9 Å². The lowest BCUT2D eigenvalue weighted by molar-refractivity contribution is 0.0971. The number of para-hydroxylation sites is 1. The van der Waals surface area contributed by atoms with Crippen LogP contribution in [0.15, 0.2) is 35.4 Å². The first-order chi connectivity index (χ1) is 11.7. The van der Waals surface area contributed by atoms with E-state index in [0.717, 1.165) is 5.56 Å². The van der Waals surface area contributed by atoms with Crippen molar-refractivity contribution in [2.75, 3.05) is 11.9 Å². The molecule has 0 bridgehead atoms. The number of hydrogen-bond acceptors (Lipinski definition) is 5. The summed E-state index contributed by atoms with van der Waals surface area (Å²) >= 11 is 0. The van der Waals surface area contributed by atoms with E-state index in [4.69, 9.17) is 9.52 Å². The standard InChI is InChI=1S/C16H21N5O3S/c1-11-6-4-5-7-12(11)19-15(22)20-25(17,23)13-8-18-21-9-16(2,3)10-24-14(13)21/h4-8H,9-10H2,1-3H3,(H3,17,19,20,22,23). The Balaban J connectivity index is 1.78. The molecule has 0 spiro atoms. The maximum atomic E-state index is 12.7. The number of urea groups is 1. The average molecular weight is 363 g/mol. The van der Waals surface area contributed by atoms with Gasteiger partial charge < -0.3 is 10.1 Å². The number of anilines is 1. The van der Waals surface area contributed by atoms with Gasteiger partial charge >= 0.3 is 6.03 Å². The first kappa shape index (κ1) is 17.3. The molecular formula is C16H21N5O3S. The average Bonchev–Trinajstić information content (AvgIpc) is 2.91. The Bertz CT molecular complexity index is 918. The van der Waals surface area contributed by atoms with Crippen molar-refractivity contribution < 1.29 is 13.7 Å². The third kappa shape index (κ3) is 3.60. The van der Waals surface area contributed by atoms with Crippen LogP contribution in [0.3, 0.4) is 0 Å². The molecule has 0 saturated carbocycles. The van der Waals surface area contributed by atoms with Gasteiger partial charge in [0, 0.05) is 11.1 Å². The molecule has 1 unspecified atom stereocenters. The largest absolute Gasteiger partial charge is 0.476 e. The Kier molecular flexibility index (Phi) is 4.19. The predicted molar refractivity (Wildman–Crippen MR) is 94.0 cm³/mol. The van der Waals surface area contributed by atoms with Crippen LogP contribution in [0, 0.1) is 17.1 Å². The maximum absolute atomic E-state index is 12.7. The molecule has 2 heterocycles. The third-order valence-electron chi connectivity index (χ3n) is 3.88. The number of nitrogens with zero attached hydrogens (tertiary/aromatic N) is 2. The number of benzene rings is 1. The molecule has 3 N–H and O–H groups in total. The van der Waals surface area contributed by atoms with E-state index in [9.17, 15) is 9.00 Å². The van der Waals surface area contributed by atoms with Crippen LogP contribution in [-0.2, 0) is 16.5 Å². The van der Waals surface area contributed by atoms with Gasteiger partial charge in [0.2, 0.25) is 5.88 Å². The van der Waals surface area contributed by atoms with Gasteiger partial charge in [-0.05, 0) is 18.6 Å². The number of aryl methyl sites for hydroxylation is 1. The van der Waals surface area contributed by atoms with Crippen molar-refractivity contribution in [3.05, 3.63) is 36.0 Å². The van der Waals surface area contributed by atoms with Crippen LogP contribution < -0.4 is 14.8 Å². The molecule has 0 fully saturated rings. The molecule has 1 aromatic heterocycles. The second-order valence-electron chi connectivity index (χ2n) is 6.85. The van der Waals surface area contributed by atoms with Gasteiger partial charge in [0.25, 0.3) is 0 Å². The summed E-state index contributed by atoms with van der Waals surface area (Å²) in [4.78, 5) is 12.2. The first-order valence-corrected chi connectivity index (χ1v) is 9.36. The van der Waals surface area contributed by atoms with Gasteiger partial charge in [-0.3, -0.25) is 0 Å².